The Morgan fingerprint density at radius 1 is 1.10 bits per heavy atom. The average molecular weight is 278 g/mol. The number of rotatable bonds is 6. The first-order chi connectivity index (χ1) is 9.41. The molecule has 0 aliphatic carbocycles. The third-order valence-corrected chi connectivity index (χ3v) is 2.65. The molecule has 0 atom stereocenters. The van der Waals surface area contributed by atoms with Crippen LogP contribution in [0.4, 0.5) is 0 Å². The molecule has 1 aromatic carbocycles. The number of carbonyl (C=O) groups is 3. The van der Waals surface area contributed by atoms with E-state index in [-0.39, 0.29) is 18.2 Å². The zero-order valence-corrected chi connectivity index (χ0v) is 11.5. The number of benzene rings is 1. The van der Waals surface area contributed by atoms with E-state index in [0.717, 1.165) is 0 Å². The lowest BCUT2D eigenvalue weighted by atomic mass is 10.1. The highest BCUT2D eigenvalue weighted by molar-refractivity contribution is 5.97. The average Bonchev–Trinajstić information content (AvgIpc) is 2.42. The van der Waals surface area contributed by atoms with Gasteiger partial charge in [-0.25, -0.2) is 0 Å². The fourth-order valence-corrected chi connectivity index (χ4v) is 1.57. The van der Waals surface area contributed by atoms with Crippen LogP contribution >= 0.6 is 0 Å². The summed E-state index contributed by atoms with van der Waals surface area (Å²) in [5.41, 5.74) is 0.952. The lowest BCUT2D eigenvalue weighted by Gasteiger charge is -2.10. The Hall–Kier alpha value is -2.37. The van der Waals surface area contributed by atoms with Gasteiger partial charge >= 0.3 is 5.97 Å². The standard InChI is InChI=1S/C14H18N2O4/c1-16(2)14(20)11-7-5-10(6-8-11)13(19)15-9-3-4-12(17)18/h5-8H,3-4,9H2,1-2H3,(H,15,19)(H,17,18). The first-order valence-corrected chi connectivity index (χ1v) is 6.23. The number of carboxylic acids is 1. The van der Waals surface area contributed by atoms with Gasteiger partial charge in [-0.1, -0.05) is 0 Å². The van der Waals surface area contributed by atoms with Gasteiger partial charge in [0, 0.05) is 38.2 Å². The Bertz CT molecular complexity index is 494. The molecule has 0 aliphatic rings. The largest absolute Gasteiger partial charge is 0.481 e. The first kappa shape index (κ1) is 15.7. The van der Waals surface area contributed by atoms with Crippen molar-refractivity contribution in [2.45, 2.75) is 12.8 Å². The lowest BCUT2D eigenvalue weighted by Crippen LogP contribution is -2.25. The van der Waals surface area contributed by atoms with Crippen molar-refractivity contribution in [3.8, 4) is 0 Å². The maximum absolute atomic E-state index is 11.8. The summed E-state index contributed by atoms with van der Waals surface area (Å²) >= 11 is 0. The molecule has 0 spiro atoms. The molecule has 2 amide bonds. The first-order valence-electron chi connectivity index (χ1n) is 6.23. The number of carbonyl (C=O) groups excluding carboxylic acids is 2. The lowest BCUT2D eigenvalue weighted by molar-refractivity contribution is -0.137. The van der Waals surface area contributed by atoms with E-state index in [9.17, 15) is 14.4 Å². The molecule has 2 N–H and O–H groups in total. The summed E-state index contributed by atoms with van der Waals surface area (Å²) in [6.45, 7) is 0.309. The molecule has 0 unspecified atom stereocenters. The number of hydrogen-bond acceptors (Lipinski definition) is 3. The molecule has 1 rings (SSSR count). The van der Waals surface area contributed by atoms with Crippen LogP contribution in [-0.4, -0.2) is 48.4 Å². The molecule has 6 nitrogen and oxygen atoms in total. The van der Waals surface area contributed by atoms with E-state index >= 15 is 0 Å². The number of nitrogens with zero attached hydrogens (tertiary/aromatic N) is 1. The number of carboxylic acid groups (broad SMARTS) is 1. The van der Waals surface area contributed by atoms with Gasteiger partial charge in [0.25, 0.3) is 11.8 Å². The maximum atomic E-state index is 11.8. The van der Waals surface area contributed by atoms with Crippen molar-refractivity contribution in [3.63, 3.8) is 0 Å². The van der Waals surface area contributed by atoms with Crippen molar-refractivity contribution in [3.05, 3.63) is 35.4 Å². The molecule has 0 radical (unpaired) electrons. The third kappa shape index (κ3) is 4.72. The van der Waals surface area contributed by atoms with Crippen LogP contribution in [0.15, 0.2) is 24.3 Å². The quantitative estimate of drug-likeness (QED) is 0.759. The summed E-state index contributed by atoms with van der Waals surface area (Å²) in [6, 6.07) is 6.33. The van der Waals surface area contributed by atoms with Crippen molar-refractivity contribution in [1.82, 2.24) is 10.2 Å². The monoisotopic (exact) mass is 278 g/mol. The number of hydrogen-bond donors (Lipinski definition) is 2. The number of aliphatic carboxylic acids is 1. The maximum Gasteiger partial charge on any atom is 0.303 e. The normalized spacial score (nSPS) is 9.90. The molecular weight excluding hydrogens is 260 g/mol. The Balaban J connectivity index is 2.53. The fraction of sp³-hybridized carbons (Fsp3) is 0.357. The van der Waals surface area contributed by atoms with E-state index in [2.05, 4.69) is 5.32 Å². The molecular formula is C14H18N2O4. The summed E-state index contributed by atoms with van der Waals surface area (Å²) in [5.74, 6) is -1.29. The summed E-state index contributed by atoms with van der Waals surface area (Å²) in [6.07, 6.45) is 0.412. The van der Waals surface area contributed by atoms with E-state index < -0.39 is 5.97 Å². The van der Waals surface area contributed by atoms with Gasteiger partial charge < -0.3 is 15.3 Å². The summed E-state index contributed by atoms with van der Waals surface area (Å²) in [7, 11) is 3.32. The smallest absolute Gasteiger partial charge is 0.303 e. The zero-order valence-electron chi connectivity index (χ0n) is 11.5. The van der Waals surface area contributed by atoms with Crippen LogP contribution in [0, 0.1) is 0 Å². The summed E-state index contributed by atoms with van der Waals surface area (Å²) in [5, 5.41) is 11.1. The van der Waals surface area contributed by atoms with Gasteiger partial charge in [0.15, 0.2) is 0 Å². The van der Waals surface area contributed by atoms with E-state index in [0.29, 0.717) is 24.1 Å². The van der Waals surface area contributed by atoms with Crippen LogP contribution in [0.3, 0.4) is 0 Å². The highest BCUT2D eigenvalue weighted by atomic mass is 16.4. The van der Waals surface area contributed by atoms with Crippen LogP contribution < -0.4 is 5.32 Å². The van der Waals surface area contributed by atoms with Crippen LogP contribution in [0.5, 0.6) is 0 Å². The number of amides is 2. The third-order valence-electron chi connectivity index (χ3n) is 2.65. The van der Waals surface area contributed by atoms with Gasteiger partial charge in [-0.05, 0) is 30.7 Å². The highest BCUT2D eigenvalue weighted by Crippen LogP contribution is 2.06. The molecule has 0 saturated heterocycles. The Morgan fingerprint density at radius 3 is 2.15 bits per heavy atom. The van der Waals surface area contributed by atoms with Gasteiger partial charge in [0.05, 0.1) is 0 Å². The van der Waals surface area contributed by atoms with E-state index in [1.54, 1.807) is 38.4 Å². The topological polar surface area (TPSA) is 86.7 Å². The number of nitrogens with one attached hydrogen (secondary N) is 1. The molecule has 0 saturated carbocycles. The van der Waals surface area contributed by atoms with Crippen molar-refractivity contribution in [1.29, 1.82) is 0 Å². The van der Waals surface area contributed by atoms with Gasteiger partial charge in [0.2, 0.25) is 0 Å². The molecule has 0 heterocycles. The Morgan fingerprint density at radius 2 is 1.65 bits per heavy atom. The minimum Gasteiger partial charge on any atom is -0.481 e. The second-order valence-electron chi connectivity index (χ2n) is 4.53. The van der Waals surface area contributed by atoms with Crippen LogP contribution in [0.1, 0.15) is 33.6 Å². The minimum atomic E-state index is -0.884. The molecule has 0 aliphatic heterocycles. The second-order valence-corrected chi connectivity index (χ2v) is 4.53. The fourth-order valence-electron chi connectivity index (χ4n) is 1.57. The highest BCUT2D eigenvalue weighted by Gasteiger charge is 2.10. The van der Waals surface area contributed by atoms with Crippen molar-refractivity contribution < 1.29 is 19.5 Å². The Kier molecular flexibility index (Phi) is 5.71. The van der Waals surface area contributed by atoms with E-state index in [1.807, 2.05) is 0 Å². The van der Waals surface area contributed by atoms with Gasteiger partial charge in [-0.2, -0.15) is 0 Å². The summed E-state index contributed by atoms with van der Waals surface area (Å²) in [4.78, 5) is 35.2. The molecule has 0 fully saturated rings. The van der Waals surface area contributed by atoms with Gasteiger partial charge in [0.1, 0.15) is 0 Å². The van der Waals surface area contributed by atoms with Crippen molar-refractivity contribution >= 4 is 17.8 Å². The molecule has 0 bridgehead atoms. The molecule has 0 aromatic heterocycles. The summed E-state index contributed by atoms with van der Waals surface area (Å²) < 4.78 is 0. The predicted molar refractivity (Wildman–Crippen MR) is 73.7 cm³/mol. The van der Waals surface area contributed by atoms with Crippen LogP contribution in [-0.2, 0) is 4.79 Å². The zero-order chi connectivity index (χ0) is 15.1. The second kappa shape index (κ2) is 7.28. The minimum absolute atomic E-state index is 0.0244. The van der Waals surface area contributed by atoms with Gasteiger partial charge in [-0.3, -0.25) is 14.4 Å². The Labute approximate surface area is 117 Å². The molecule has 6 heteroatoms. The van der Waals surface area contributed by atoms with Crippen LogP contribution in [0.25, 0.3) is 0 Å². The van der Waals surface area contributed by atoms with E-state index in [4.69, 9.17) is 5.11 Å². The van der Waals surface area contributed by atoms with E-state index in [1.165, 1.54) is 4.90 Å². The predicted octanol–water partition coefficient (Wildman–Crippen LogP) is 0.983. The molecule has 108 valence electrons. The SMILES string of the molecule is CN(C)C(=O)c1ccc(C(=O)NCCCC(=O)O)cc1. The molecule has 1 aromatic rings. The van der Waals surface area contributed by atoms with Gasteiger partial charge in [-0.15, -0.1) is 0 Å². The molecule has 20 heavy (non-hydrogen) atoms. The van der Waals surface area contributed by atoms with Crippen molar-refractivity contribution in [2.24, 2.45) is 0 Å². The van der Waals surface area contributed by atoms with Crippen molar-refractivity contribution in [2.75, 3.05) is 20.6 Å². The van der Waals surface area contributed by atoms with Crippen LogP contribution in [0.2, 0.25) is 0 Å².